The molecule has 2 unspecified atom stereocenters. The quantitative estimate of drug-likeness (QED) is 0.0437. The number of nitriles is 1. The summed E-state index contributed by atoms with van der Waals surface area (Å²) < 4.78 is 0. The Balaban J connectivity index is 1.03. The van der Waals surface area contributed by atoms with E-state index in [4.69, 9.17) is 16.0 Å². The van der Waals surface area contributed by atoms with Gasteiger partial charge in [-0.2, -0.15) is 5.26 Å². The van der Waals surface area contributed by atoms with Crippen LogP contribution in [0.25, 0.3) is 39.1 Å². The SMILES string of the molecule is C=CC(=O)Nc1cc(-c2cccc(-c3cncc(CN=C/C=C(\N)c4cc(-c5ccccc5)ccc4NCCC#N)c3)c2)cc(C2CCN(CC3CCCNC3)N2C2CCCCCCC2)c1. The molecule has 5 aromatic rings. The third-order valence-electron chi connectivity index (χ3n) is 13.4. The second-order valence-corrected chi connectivity index (χ2v) is 18.1. The number of hydrogen-bond donors (Lipinski definition) is 4. The lowest BCUT2D eigenvalue weighted by Gasteiger charge is -2.42. The molecule has 340 valence electrons. The molecule has 0 radical (unpaired) electrons. The van der Waals surface area contributed by atoms with Gasteiger partial charge in [-0.1, -0.05) is 93.3 Å². The lowest BCUT2D eigenvalue weighted by atomic mass is 9.92. The number of aliphatic imine (C=N–C) groups is 1. The monoisotopic (exact) mass is 880 g/mol. The highest BCUT2D eigenvalue weighted by Crippen LogP contribution is 2.41. The summed E-state index contributed by atoms with van der Waals surface area (Å²) in [6, 6.07) is 36.7. The van der Waals surface area contributed by atoms with E-state index < -0.39 is 0 Å². The van der Waals surface area contributed by atoms with Crippen LogP contribution in [0, 0.1) is 17.2 Å². The minimum Gasteiger partial charge on any atom is -0.398 e. The van der Waals surface area contributed by atoms with E-state index in [1.807, 2.05) is 42.7 Å². The molecule has 4 aromatic carbocycles. The van der Waals surface area contributed by atoms with Crippen LogP contribution in [0.15, 0.2) is 133 Å². The van der Waals surface area contributed by atoms with Crippen molar-refractivity contribution < 1.29 is 4.79 Å². The highest BCUT2D eigenvalue weighted by atomic mass is 16.1. The third kappa shape index (κ3) is 12.1. The van der Waals surface area contributed by atoms with Gasteiger partial charge in [0.1, 0.15) is 0 Å². The zero-order valence-corrected chi connectivity index (χ0v) is 38.3. The minimum atomic E-state index is -0.212. The molecule has 8 rings (SSSR count). The van der Waals surface area contributed by atoms with Gasteiger partial charge in [-0.05, 0) is 145 Å². The maximum Gasteiger partial charge on any atom is 0.247 e. The molecular weight excluding hydrogens is 815 g/mol. The van der Waals surface area contributed by atoms with Crippen LogP contribution in [0.3, 0.4) is 0 Å². The van der Waals surface area contributed by atoms with Crippen LogP contribution < -0.4 is 21.7 Å². The van der Waals surface area contributed by atoms with Crippen LogP contribution in [0.1, 0.15) is 93.4 Å². The molecular formula is C56H65N9O. The summed E-state index contributed by atoms with van der Waals surface area (Å²) in [7, 11) is 0. The molecule has 5 N–H and O–H groups in total. The average molecular weight is 880 g/mol. The molecule has 1 aromatic heterocycles. The highest BCUT2D eigenvalue weighted by molar-refractivity contribution is 5.99. The van der Waals surface area contributed by atoms with E-state index in [0.717, 1.165) is 88.5 Å². The first-order chi connectivity index (χ1) is 32.4. The average Bonchev–Trinajstić information content (AvgIpc) is 3.76. The Morgan fingerprint density at radius 2 is 1.64 bits per heavy atom. The largest absolute Gasteiger partial charge is 0.398 e. The second kappa shape index (κ2) is 23.2. The number of nitrogens with one attached hydrogen (secondary N) is 3. The summed E-state index contributed by atoms with van der Waals surface area (Å²) in [5.74, 6) is 0.448. The van der Waals surface area contributed by atoms with Gasteiger partial charge in [0, 0.05) is 72.5 Å². The lowest BCUT2D eigenvalue weighted by Crippen LogP contribution is -2.48. The Morgan fingerprint density at radius 3 is 2.42 bits per heavy atom. The normalized spacial score (nSPS) is 18.9. The fraction of sp³-hybridized carbons (Fsp3) is 0.357. The number of carbonyl (C=O) groups excluding carboxylic acids is 1. The van der Waals surface area contributed by atoms with E-state index >= 15 is 0 Å². The molecule has 1 amide bonds. The van der Waals surface area contributed by atoms with Gasteiger partial charge < -0.3 is 21.7 Å². The predicted molar refractivity (Wildman–Crippen MR) is 271 cm³/mol. The Hall–Kier alpha value is -6.38. The van der Waals surface area contributed by atoms with Crippen molar-refractivity contribution in [3.05, 3.63) is 145 Å². The Morgan fingerprint density at radius 1 is 0.848 bits per heavy atom. The topological polar surface area (TPSA) is 135 Å². The number of amides is 1. The Bertz CT molecular complexity index is 2510. The molecule has 66 heavy (non-hydrogen) atoms. The second-order valence-electron chi connectivity index (χ2n) is 18.1. The number of rotatable bonds is 16. The predicted octanol–water partition coefficient (Wildman–Crippen LogP) is 11.2. The van der Waals surface area contributed by atoms with Crippen LogP contribution >= 0.6 is 0 Å². The van der Waals surface area contributed by atoms with Crippen molar-refractivity contribution >= 4 is 29.2 Å². The van der Waals surface area contributed by atoms with E-state index in [1.54, 1.807) is 6.21 Å². The summed E-state index contributed by atoms with van der Waals surface area (Å²) in [6.07, 6.45) is 21.7. The summed E-state index contributed by atoms with van der Waals surface area (Å²) in [4.78, 5) is 22.2. The third-order valence-corrected chi connectivity index (χ3v) is 13.4. The summed E-state index contributed by atoms with van der Waals surface area (Å²) in [5, 5.41) is 24.7. The zero-order valence-electron chi connectivity index (χ0n) is 38.3. The molecule has 2 atom stereocenters. The number of nitrogens with two attached hydrogens (primary N) is 1. The molecule has 10 heteroatoms. The van der Waals surface area contributed by atoms with Gasteiger partial charge in [-0.25, -0.2) is 10.0 Å². The van der Waals surface area contributed by atoms with Gasteiger partial charge in [0.05, 0.1) is 25.1 Å². The highest BCUT2D eigenvalue weighted by Gasteiger charge is 2.39. The van der Waals surface area contributed by atoms with Crippen molar-refractivity contribution in [3.63, 3.8) is 0 Å². The van der Waals surface area contributed by atoms with Crippen molar-refractivity contribution in [2.75, 3.05) is 43.4 Å². The molecule has 1 saturated carbocycles. The molecule has 3 fully saturated rings. The molecule has 0 spiro atoms. The maximum absolute atomic E-state index is 12.8. The van der Waals surface area contributed by atoms with Crippen LogP contribution in [0.4, 0.5) is 11.4 Å². The number of allylic oxidation sites excluding steroid dienone is 1. The van der Waals surface area contributed by atoms with E-state index in [0.29, 0.717) is 37.2 Å². The number of hydrogen-bond acceptors (Lipinski definition) is 9. The van der Waals surface area contributed by atoms with Gasteiger partial charge in [0.15, 0.2) is 0 Å². The van der Waals surface area contributed by atoms with E-state index in [9.17, 15) is 4.79 Å². The van der Waals surface area contributed by atoms with Gasteiger partial charge in [-0.15, -0.1) is 0 Å². The molecule has 0 bridgehead atoms. The number of anilines is 2. The van der Waals surface area contributed by atoms with Gasteiger partial charge in [0.25, 0.3) is 0 Å². The van der Waals surface area contributed by atoms with Gasteiger partial charge in [-0.3, -0.25) is 14.8 Å². The number of carbonyl (C=O) groups is 1. The number of pyridine rings is 1. The fourth-order valence-electron chi connectivity index (χ4n) is 10.1. The van der Waals surface area contributed by atoms with E-state index in [-0.39, 0.29) is 11.9 Å². The molecule has 2 saturated heterocycles. The first kappa shape index (κ1) is 46.2. The first-order valence-corrected chi connectivity index (χ1v) is 24.1. The molecule has 2 aliphatic heterocycles. The molecule has 1 aliphatic carbocycles. The number of aromatic nitrogens is 1. The Kier molecular flexibility index (Phi) is 16.2. The Labute approximate surface area is 391 Å². The summed E-state index contributed by atoms with van der Waals surface area (Å²) >= 11 is 0. The fourth-order valence-corrected chi connectivity index (χ4v) is 10.1. The van der Waals surface area contributed by atoms with E-state index in [1.165, 1.54) is 69.4 Å². The van der Waals surface area contributed by atoms with Crippen LogP contribution in [-0.4, -0.2) is 65.9 Å². The first-order valence-electron chi connectivity index (χ1n) is 24.1. The van der Waals surface area contributed by atoms with E-state index in [2.05, 4.69) is 116 Å². The number of piperidine rings is 1. The minimum absolute atomic E-state index is 0.212. The molecule has 10 nitrogen and oxygen atoms in total. The van der Waals surface area contributed by atoms with Crippen molar-refractivity contribution in [1.82, 2.24) is 20.3 Å². The van der Waals surface area contributed by atoms with Crippen LogP contribution in [0.2, 0.25) is 0 Å². The van der Waals surface area contributed by atoms with Crippen molar-refractivity contribution in [2.45, 2.75) is 89.3 Å². The molecule has 3 heterocycles. The maximum atomic E-state index is 12.8. The van der Waals surface area contributed by atoms with Gasteiger partial charge >= 0.3 is 0 Å². The van der Waals surface area contributed by atoms with Crippen LogP contribution in [-0.2, 0) is 11.3 Å². The molecule has 3 aliphatic rings. The summed E-state index contributed by atoms with van der Waals surface area (Å²) in [6.45, 7) is 9.08. The zero-order chi connectivity index (χ0) is 45.5. The summed E-state index contributed by atoms with van der Waals surface area (Å²) in [5.41, 5.74) is 18.4. The smallest absolute Gasteiger partial charge is 0.247 e. The van der Waals surface area contributed by atoms with Crippen LogP contribution in [0.5, 0.6) is 0 Å². The van der Waals surface area contributed by atoms with Crippen molar-refractivity contribution in [3.8, 4) is 39.4 Å². The number of nitrogens with zero attached hydrogens (tertiary/aromatic N) is 5. The van der Waals surface area contributed by atoms with Gasteiger partial charge in [0.2, 0.25) is 5.91 Å². The standard InChI is InChI=1S/C56H65N9O/c1-2-56(66)63-50-33-47(32-48(34-50)55-24-29-64(40-41-14-12-26-59-36-41)65(55)51-19-9-4-3-5-10-20-51)44-17-11-18-45(31-44)49-30-42(38-61-39-49)37-60-28-23-53(58)52-35-46(43-15-7-6-8-16-43)21-22-54(52)62-27-13-25-57/h2,6-8,11,15-18,21-23,28,30-35,38-39,41,51,55,59,62H,1,3-5,9-10,12-14,19-20,24,26-27,29,36-37,40,58H2,(H,63,66)/b53-23-,60-28?. The van der Waals surface area contributed by atoms with Crippen molar-refractivity contribution in [2.24, 2.45) is 16.6 Å². The van der Waals surface area contributed by atoms with Crippen molar-refractivity contribution in [1.29, 1.82) is 5.26 Å². The number of hydrazine groups is 1. The lowest BCUT2D eigenvalue weighted by molar-refractivity contribution is -0.111. The number of benzene rings is 4.